The lowest BCUT2D eigenvalue weighted by Gasteiger charge is -2.09. The molecule has 0 spiro atoms. The minimum atomic E-state index is -0.286. The number of hydrogen-bond acceptors (Lipinski definition) is 3. The van der Waals surface area contributed by atoms with E-state index in [2.05, 4.69) is 31.5 Å². The molecule has 1 aromatic heterocycles. The van der Waals surface area contributed by atoms with Crippen LogP contribution in [-0.4, -0.2) is 23.3 Å². The van der Waals surface area contributed by atoms with Gasteiger partial charge in [0.1, 0.15) is 5.69 Å². The molecule has 1 aromatic carbocycles. The number of hydrogen-bond donors (Lipinski definition) is 2. The van der Waals surface area contributed by atoms with E-state index in [4.69, 9.17) is 0 Å². The van der Waals surface area contributed by atoms with Crippen LogP contribution in [0.25, 0.3) is 0 Å². The molecule has 6 heteroatoms. The molecule has 1 heterocycles. The number of nitrogens with zero attached hydrogens (tertiary/aromatic N) is 1. The smallest absolute Gasteiger partial charge is 0.269 e. The molecule has 2 rings (SSSR count). The Morgan fingerprint density at radius 1 is 1.17 bits per heavy atom. The van der Waals surface area contributed by atoms with Crippen molar-refractivity contribution in [2.75, 3.05) is 11.9 Å². The number of carbonyl (C=O) groups excluding carboxylic acids is 2. The summed E-state index contributed by atoms with van der Waals surface area (Å²) in [4.78, 5) is 28.5. The van der Waals surface area contributed by atoms with Crippen molar-refractivity contribution >= 4 is 33.4 Å². The van der Waals surface area contributed by atoms with Crippen LogP contribution in [0.2, 0.25) is 0 Å². The van der Waals surface area contributed by atoms with E-state index in [9.17, 15) is 9.59 Å². The second kappa shape index (κ2) is 8.06. The van der Waals surface area contributed by atoms with Gasteiger partial charge in [0, 0.05) is 28.5 Å². The quantitative estimate of drug-likeness (QED) is 0.816. The van der Waals surface area contributed by atoms with Gasteiger partial charge in [-0.1, -0.05) is 35.8 Å². The van der Waals surface area contributed by atoms with E-state index in [1.807, 2.05) is 39.0 Å². The van der Waals surface area contributed by atoms with Crippen LogP contribution in [0.15, 0.2) is 41.0 Å². The highest BCUT2D eigenvalue weighted by molar-refractivity contribution is 9.10. The average molecular weight is 390 g/mol. The Morgan fingerprint density at radius 2 is 1.92 bits per heavy atom. The maximum Gasteiger partial charge on any atom is 0.269 e. The monoisotopic (exact) mass is 389 g/mol. The van der Waals surface area contributed by atoms with E-state index in [1.54, 1.807) is 6.07 Å². The van der Waals surface area contributed by atoms with Crippen LogP contribution in [0.1, 0.15) is 40.3 Å². The number of benzene rings is 1. The number of anilines is 1. The molecule has 0 radical (unpaired) electrons. The number of halogens is 1. The van der Waals surface area contributed by atoms with Crippen molar-refractivity contribution in [1.29, 1.82) is 0 Å². The second-order valence-electron chi connectivity index (χ2n) is 5.95. The Kier molecular flexibility index (Phi) is 6.09. The molecule has 0 aliphatic heterocycles. The van der Waals surface area contributed by atoms with Gasteiger partial charge in [-0.25, -0.2) is 0 Å². The van der Waals surface area contributed by atoms with Crippen molar-refractivity contribution in [1.82, 2.24) is 10.3 Å². The normalized spacial score (nSPS) is 10.5. The number of carbonyl (C=O) groups is 2. The molecule has 2 amide bonds. The zero-order chi connectivity index (χ0) is 17.7. The SMILES string of the molecule is Cc1ccc(NC(=O)c2ccnc(C(=O)NCC(C)C)c2)cc1Br. The fourth-order valence-corrected chi connectivity index (χ4v) is 2.34. The van der Waals surface area contributed by atoms with E-state index in [0.717, 1.165) is 10.0 Å². The molecular weight excluding hydrogens is 370 g/mol. The molecular formula is C18H20BrN3O2. The summed E-state index contributed by atoms with van der Waals surface area (Å²) in [7, 11) is 0. The lowest BCUT2D eigenvalue weighted by Crippen LogP contribution is -2.28. The van der Waals surface area contributed by atoms with Gasteiger partial charge in [0.15, 0.2) is 0 Å². The number of rotatable bonds is 5. The van der Waals surface area contributed by atoms with Crippen molar-refractivity contribution in [3.8, 4) is 0 Å². The zero-order valence-corrected chi connectivity index (χ0v) is 15.5. The summed E-state index contributed by atoms with van der Waals surface area (Å²) in [6.45, 7) is 6.56. The summed E-state index contributed by atoms with van der Waals surface area (Å²) in [6, 6.07) is 8.66. The van der Waals surface area contributed by atoms with Crippen LogP contribution in [0.3, 0.4) is 0 Å². The summed E-state index contributed by atoms with van der Waals surface area (Å²) in [6.07, 6.45) is 1.46. The first-order valence-electron chi connectivity index (χ1n) is 7.68. The first kappa shape index (κ1) is 18.1. The van der Waals surface area contributed by atoms with Crippen molar-refractivity contribution < 1.29 is 9.59 Å². The Labute approximate surface area is 150 Å². The van der Waals surface area contributed by atoms with Crippen LogP contribution in [0, 0.1) is 12.8 Å². The molecule has 0 bridgehead atoms. The van der Waals surface area contributed by atoms with Gasteiger partial charge in [-0.15, -0.1) is 0 Å². The van der Waals surface area contributed by atoms with Crippen molar-refractivity contribution in [3.05, 3.63) is 57.8 Å². The van der Waals surface area contributed by atoms with Crippen molar-refractivity contribution in [2.45, 2.75) is 20.8 Å². The maximum absolute atomic E-state index is 12.4. The van der Waals surface area contributed by atoms with Crippen molar-refractivity contribution in [3.63, 3.8) is 0 Å². The van der Waals surface area contributed by atoms with Crippen molar-refractivity contribution in [2.24, 2.45) is 5.92 Å². The number of pyridine rings is 1. The molecule has 0 atom stereocenters. The second-order valence-corrected chi connectivity index (χ2v) is 6.81. The van der Waals surface area contributed by atoms with Crippen LogP contribution >= 0.6 is 15.9 Å². The van der Waals surface area contributed by atoms with Gasteiger partial charge in [-0.3, -0.25) is 14.6 Å². The minimum absolute atomic E-state index is 0.230. The highest BCUT2D eigenvalue weighted by Gasteiger charge is 2.12. The topological polar surface area (TPSA) is 71.1 Å². The highest BCUT2D eigenvalue weighted by Crippen LogP contribution is 2.21. The lowest BCUT2D eigenvalue weighted by molar-refractivity contribution is 0.0944. The van der Waals surface area contributed by atoms with Gasteiger partial charge in [-0.2, -0.15) is 0 Å². The van der Waals surface area contributed by atoms with Crippen LogP contribution in [-0.2, 0) is 0 Å². The molecule has 0 aliphatic carbocycles. The fourth-order valence-electron chi connectivity index (χ4n) is 1.96. The molecule has 2 aromatic rings. The predicted molar refractivity (Wildman–Crippen MR) is 98.2 cm³/mol. The van der Waals surface area contributed by atoms with Gasteiger partial charge in [-0.05, 0) is 42.7 Å². The first-order valence-corrected chi connectivity index (χ1v) is 8.48. The van der Waals surface area contributed by atoms with Gasteiger partial charge in [0.05, 0.1) is 0 Å². The van der Waals surface area contributed by atoms with Gasteiger partial charge >= 0.3 is 0 Å². The number of aromatic nitrogens is 1. The minimum Gasteiger partial charge on any atom is -0.350 e. The van der Waals surface area contributed by atoms with E-state index >= 15 is 0 Å². The van der Waals surface area contributed by atoms with E-state index in [-0.39, 0.29) is 17.5 Å². The third-order valence-electron chi connectivity index (χ3n) is 3.36. The lowest BCUT2D eigenvalue weighted by atomic mass is 10.2. The Balaban J connectivity index is 2.11. The van der Waals surface area contributed by atoms with Gasteiger partial charge in [0.2, 0.25) is 0 Å². The number of amides is 2. The fraction of sp³-hybridized carbons (Fsp3) is 0.278. The third kappa shape index (κ3) is 4.89. The standard InChI is InChI=1S/C18H20BrN3O2/c1-11(2)10-21-18(24)16-8-13(6-7-20-16)17(23)22-14-5-4-12(3)15(19)9-14/h4-9,11H,10H2,1-3H3,(H,21,24)(H,22,23). The van der Waals surface area contributed by atoms with E-state index in [1.165, 1.54) is 12.3 Å². The average Bonchev–Trinajstić information content (AvgIpc) is 2.56. The summed E-state index contributed by atoms with van der Waals surface area (Å²) in [5.41, 5.74) is 2.38. The summed E-state index contributed by atoms with van der Waals surface area (Å²) < 4.78 is 0.920. The van der Waals surface area contributed by atoms with E-state index < -0.39 is 0 Å². The summed E-state index contributed by atoms with van der Waals surface area (Å²) in [5.74, 6) is -0.220. The van der Waals surface area contributed by atoms with Gasteiger partial charge < -0.3 is 10.6 Å². The highest BCUT2D eigenvalue weighted by atomic mass is 79.9. The Hall–Kier alpha value is -2.21. The zero-order valence-electron chi connectivity index (χ0n) is 13.9. The van der Waals surface area contributed by atoms with E-state index in [0.29, 0.717) is 23.7 Å². The molecule has 5 nitrogen and oxygen atoms in total. The predicted octanol–water partition coefficient (Wildman–Crippen LogP) is 3.79. The Morgan fingerprint density at radius 3 is 2.58 bits per heavy atom. The molecule has 0 saturated carbocycles. The van der Waals surface area contributed by atoms with Crippen LogP contribution in [0.4, 0.5) is 5.69 Å². The largest absolute Gasteiger partial charge is 0.350 e. The Bertz CT molecular complexity index is 760. The van der Waals surface area contributed by atoms with Crippen LogP contribution in [0.5, 0.6) is 0 Å². The molecule has 24 heavy (non-hydrogen) atoms. The van der Waals surface area contributed by atoms with Gasteiger partial charge in [0.25, 0.3) is 11.8 Å². The summed E-state index contributed by atoms with van der Waals surface area (Å²) in [5, 5.41) is 5.60. The molecule has 0 fully saturated rings. The third-order valence-corrected chi connectivity index (χ3v) is 4.21. The van der Waals surface area contributed by atoms with Crippen LogP contribution < -0.4 is 10.6 Å². The molecule has 0 aliphatic rings. The molecule has 2 N–H and O–H groups in total. The molecule has 0 unspecified atom stereocenters. The maximum atomic E-state index is 12.4. The number of aryl methyl sites for hydroxylation is 1. The first-order chi connectivity index (χ1) is 11.4. The summed E-state index contributed by atoms with van der Waals surface area (Å²) >= 11 is 3.44. The molecule has 126 valence electrons. The number of nitrogens with one attached hydrogen (secondary N) is 2. The molecule has 0 saturated heterocycles.